The summed E-state index contributed by atoms with van der Waals surface area (Å²) in [7, 11) is -3.41. The molecule has 0 spiro atoms. The van der Waals surface area contributed by atoms with Gasteiger partial charge in [-0.05, 0) is 68.7 Å². The van der Waals surface area contributed by atoms with E-state index in [-0.39, 0.29) is 24.4 Å². The Morgan fingerprint density at radius 1 is 1.18 bits per heavy atom. The number of amides is 1. The standard InChI is InChI=1S/C28H39N3O6S2/c1-28(2,33)12-17-39(34,35)31-15-8-21(9-16-31)22-6-7-24-25(18-22)38-26(29-24)37-23-10-13-30(14-11-23)27(32)36-19-20-4-3-5-20/h6-8,18,20,23,33H,3-5,9-17,19H2,1-2H3. The topological polar surface area (TPSA) is 109 Å². The monoisotopic (exact) mass is 577 g/mol. The van der Waals surface area contributed by atoms with Crippen molar-refractivity contribution in [2.24, 2.45) is 5.92 Å². The van der Waals surface area contributed by atoms with Gasteiger partial charge >= 0.3 is 6.09 Å². The molecule has 3 heterocycles. The van der Waals surface area contributed by atoms with Crippen molar-refractivity contribution < 1.29 is 27.8 Å². The normalized spacial score (nSPS) is 20.1. The van der Waals surface area contributed by atoms with Gasteiger partial charge in [0.1, 0.15) is 6.10 Å². The minimum atomic E-state index is -3.41. The van der Waals surface area contributed by atoms with Crippen molar-refractivity contribution in [3.8, 4) is 5.19 Å². The van der Waals surface area contributed by atoms with E-state index in [4.69, 9.17) is 9.47 Å². The van der Waals surface area contributed by atoms with Crippen LogP contribution in [0.2, 0.25) is 0 Å². The van der Waals surface area contributed by atoms with E-state index in [0.717, 1.165) is 47.0 Å². The maximum absolute atomic E-state index is 12.7. The number of carbonyl (C=O) groups is 1. The van der Waals surface area contributed by atoms with Crippen molar-refractivity contribution in [1.29, 1.82) is 0 Å². The molecule has 0 atom stereocenters. The van der Waals surface area contributed by atoms with Gasteiger partial charge in [-0.15, -0.1) is 0 Å². The number of carbonyl (C=O) groups excluding carboxylic acids is 1. The molecule has 9 nitrogen and oxygen atoms in total. The zero-order chi connectivity index (χ0) is 27.6. The van der Waals surface area contributed by atoms with Crippen LogP contribution in [0.1, 0.15) is 64.4 Å². The van der Waals surface area contributed by atoms with Crippen molar-refractivity contribution in [2.75, 3.05) is 38.5 Å². The smallest absolute Gasteiger partial charge is 0.409 e. The number of sulfonamides is 1. The zero-order valence-corrected chi connectivity index (χ0v) is 24.4. The Bertz CT molecular complexity index is 1300. The molecule has 214 valence electrons. The second kappa shape index (κ2) is 11.7. The molecule has 11 heteroatoms. The third-order valence-corrected chi connectivity index (χ3v) is 10.7. The number of aliphatic hydroxyl groups is 1. The quantitative estimate of drug-likeness (QED) is 0.462. The summed E-state index contributed by atoms with van der Waals surface area (Å²) >= 11 is 1.51. The van der Waals surface area contributed by atoms with E-state index in [1.165, 1.54) is 22.1 Å². The number of fused-ring (bicyclic) bond motifs is 1. The van der Waals surface area contributed by atoms with Gasteiger partial charge in [0.15, 0.2) is 0 Å². The summed E-state index contributed by atoms with van der Waals surface area (Å²) in [6.45, 7) is 5.82. The molecule has 1 aliphatic carbocycles. The molecular weight excluding hydrogens is 538 g/mol. The molecule has 1 saturated carbocycles. The number of aromatic nitrogens is 1. The highest BCUT2D eigenvalue weighted by atomic mass is 32.2. The fraction of sp³-hybridized carbons (Fsp3) is 0.643. The van der Waals surface area contributed by atoms with Crippen molar-refractivity contribution in [2.45, 2.75) is 70.5 Å². The molecular formula is C28H39N3O6S2. The molecule has 2 fully saturated rings. The number of likely N-dealkylation sites (tertiary alicyclic amines) is 1. The molecule has 2 aromatic rings. The lowest BCUT2D eigenvalue weighted by atomic mass is 9.86. The maximum Gasteiger partial charge on any atom is 0.409 e. The van der Waals surface area contributed by atoms with Crippen LogP contribution in [0.5, 0.6) is 5.19 Å². The maximum atomic E-state index is 12.7. The lowest BCUT2D eigenvalue weighted by Crippen LogP contribution is -2.42. The van der Waals surface area contributed by atoms with Gasteiger partial charge < -0.3 is 19.5 Å². The van der Waals surface area contributed by atoms with E-state index in [2.05, 4.69) is 11.1 Å². The second-order valence-corrected chi connectivity index (χ2v) is 14.6. The predicted molar refractivity (Wildman–Crippen MR) is 152 cm³/mol. The summed E-state index contributed by atoms with van der Waals surface area (Å²) in [4.78, 5) is 18.8. The minimum Gasteiger partial charge on any atom is -0.467 e. The van der Waals surface area contributed by atoms with Gasteiger partial charge in [0.25, 0.3) is 5.19 Å². The van der Waals surface area contributed by atoms with Gasteiger partial charge in [-0.3, -0.25) is 0 Å². The molecule has 0 radical (unpaired) electrons. The molecule has 1 aromatic carbocycles. The van der Waals surface area contributed by atoms with E-state index in [0.29, 0.717) is 50.3 Å². The highest BCUT2D eigenvalue weighted by molar-refractivity contribution is 7.89. The number of nitrogens with zero attached hydrogens (tertiary/aromatic N) is 3. The average molecular weight is 578 g/mol. The van der Waals surface area contributed by atoms with Crippen LogP contribution in [0.3, 0.4) is 0 Å². The molecule has 0 bridgehead atoms. The van der Waals surface area contributed by atoms with Crippen LogP contribution < -0.4 is 4.74 Å². The largest absolute Gasteiger partial charge is 0.467 e. The first-order chi connectivity index (χ1) is 18.6. The van der Waals surface area contributed by atoms with Crippen LogP contribution in [0.25, 0.3) is 15.8 Å². The van der Waals surface area contributed by atoms with Crippen LogP contribution in [0.15, 0.2) is 24.3 Å². The summed E-state index contributed by atoms with van der Waals surface area (Å²) in [5, 5.41) is 10.5. The number of rotatable bonds is 9. The van der Waals surface area contributed by atoms with Gasteiger partial charge in [0.2, 0.25) is 10.0 Å². The van der Waals surface area contributed by atoms with Crippen LogP contribution in [-0.2, 0) is 14.8 Å². The van der Waals surface area contributed by atoms with Crippen LogP contribution in [0, 0.1) is 5.92 Å². The molecule has 3 aliphatic rings. The first kappa shape index (κ1) is 28.3. The molecule has 1 saturated heterocycles. The van der Waals surface area contributed by atoms with E-state index in [1.807, 2.05) is 18.2 Å². The van der Waals surface area contributed by atoms with E-state index >= 15 is 0 Å². The molecule has 2 aliphatic heterocycles. The Hall–Kier alpha value is -2.21. The Balaban J connectivity index is 1.14. The average Bonchev–Trinajstić information content (AvgIpc) is 3.28. The second-order valence-electron chi connectivity index (χ2n) is 11.6. The molecule has 39 heavy (non-hydrogen) atoms. The minimum absolute atomic E-state index is 0.0195. The van der Waals surface area contributed by atoms with Gasteiger partial charge in [-0.2, -0.15) is 4.31 Å². The SMILES string of the molecule is CC(C)(O)CCS(=O)(=O)N1CC=C(c2ccc3nc(OC4CCN(C(=O)OCC5CCC5)CC4)sc3c2)CC1. The number of piperidine rings is 1. The molecule has 1 N–H and O–H groups in total. The number of hydrogen-bond donors (Lipinski definition) is 1. The van der Waals surface area contributed by atoms with Gasteiger partial charge in [0, 0.05) is 39.0 Å². The first-order valence-corrected chi connectivity index (χ1v) is 16.4. The van der Waals surface area contributed by atoms with Crippen molar-refractivity contribution in [3.05, 3.63) is 29.8 Å². The highest BCUT2D eigenvalue weighted by Crippen LogP contribution is 2.34. The number of thiazole rings is 1. The molecule has 0 unspecified atom stereocenters. The van der Waals surface area contributed by atoms with Crippen molar-refractivity contribution in [3.63, 3.8) is 0 Å². The number of hydrogen-bond acceptors (Lipinski definition) is 8. The predicted octanol–water partition coefficient (Wildman–Crippen LogP) is 4.66. The number of ether oxygens (including phenoxy) is 2. The van der Waals surface area contributed by atoms with Crippen LogP contribution in [-0.4, -0.2) is 84.1 Å². The summed E-state index contributed by atoms with van der Waals surface area (Å²) in [5.74, 6) is 0.489. The third kappa shape index (κ3) is 7.31. The summed E-state index contributed by atoms with van der Waals surface area (Å²) in [6, 6.07) is 6.12. The molecule has 1 amide bonds. The third-order valence-electron chi connectivity index (χ3n) is 7.91. The van der Waals surface area contributed by atoms with Gasteiger partial charge in [-0.1, -0.05) is 29.9 Å². The lowest BCUT2D eigenvalue weighted by Gasteiger charge is -2.32. The van der Waals surface area contributed by atoms with E-state index < -0.39 is 15.6 Å². The summed E-state index contributed by atoms with van der Waals surface area (Å²) in [6.07, 6.45) is 7.71. The molecule has 1 aromatic heterocycles. The lowest BCUT2D eigenvalue weighted by molar-refractivity contribution is 0.0500. The highest BCUT2D eigenvalue weighted by Gasteiger charge is 2.28. The van der Waals surface area contributed by atoms with Gasteiger partial charge in [-0.25, -0.2) is 18.2 Å². The van der Waals surface area contributed by atoms with E-state index in [9.17, 15) is 18.3 Å². The number of benzene rings is 1. The van der Waals surface area contributed by atoms with E-state index in [1.54, 1.807) is 18.7 Å². The Kier molecular flexibility index (Phi) is 8.51. The molecule has 5 rings (SSSR count). The first-order valence-electron chi connectivity index (χ1n) is 13.9. The summed E-state index contributed by atoms with van der Waals surface area (Å²) < 4.78 is 39.6. The van der Waals surface area contributed by atoms with Crippen molar-refractivity contribution >= 4 is 43.2 Å². The van der Waals surface area contributed by atoms with Crippen molar-refractivity contribution in [1.82, 2.24) is 14.2 Å². The van der Waals surface area contributed by atoms with Crippen LogP contribution >= 0.6 is 11.3 Å². The fourth-order valence-corrected chi connectivity index (χ4v) is 7.67. The Labute approximate surface area is 234 Å². The Morgan fingerprint density at radius 2 is 1.95 bits per heavy atom. The Morgan fingerprint density at radius 3 is 2.59 bits per heavy atom. The van der Waals surface area contributed by atoms with Gasteiger partial charge in [0.05, 0.1) is 28.2 Å². The fourth-order valence-electron chi connectivity index (χ4n) is 5.07. The summed E-state index contributed by atoms with van der Waals surface area (Å²) in [5.41, 5.74) is 2.07. The zero-order valence-electron chi connectivity index (χ0n) is 22.8. The van der Waals surface area contributed by atoms with Crippen LogP contribution in [0.4, 0.5) is 4.79 Å².